The molecular weight excluding hydrogens is 230 g/mol. The molecule has 0 fully saturated rings. The van der Waals surface area contributed by atoms with Gasteiger partial charge in [-0.3, -0.25) is 0 Å². The van der Waals surface area contributed by atoms with Crippen LogP contribution in [0.4, 0.5) is 0 Å². The van der Waals surface area contributed by atoms with Crippen LogP contribution in [0.25, 0.3) is 0 Å². The number of nitrogens with zero attached hydrogens (tertiary/aromatic N) is 5. The fourth-order valence-corrected chi connectivity index (χ4v) is 1.42. The van der Waals surface area contributed by atoms with Crippen molar-refractivity contribution in [1.29, 1.82) is 0 Å². The van der Waals surface area contributed by atoms with Gasteiger partial charge in [-0.2, -0.15) is 0 Å². The molecule has 0 aromatic carbocycles. The Labute approximate surface area is 97.2 Å². The number of hydrogen-bond donors (Lipinski definition) is 0. The molecule has 0 amide bonds. The third-order valence-electron chi connectivity index (χ3n) is 1.87. The van der Waals surface area contributed by atoms with Crippen LogP contribution in [0.3, 0.4) is 0 Å². The molecule has 0 aliphatic rings. The Balaban J connectivity index is 1.94. The van der Waals surface area contributed by atoms with Crippen LogP contribution in [0, 0.1) is 0 Å². The third-order valence-corrected chi connectivity index (χ3v) is 2.08. The van der Waals surface area contributed by atoms with Gasteiger partial charge in [0.1, 0.15) is 23.3 Å². The van der Waals surface area contributed by atoms with Gasteiger partial charge in [0.25, 0.3) is 0 Å². The van der Waals surface area contributed by atoms with Crippen molar-refractivity contribution in [3.63, 3.8) is 0 Å². The highest BCUT2D eigenvalue weighted by atomic mass is 35.5. The van der Waals surface area contributed by atoms with Crippen molar-refractivity contribution >= 4 is 11.6 Å². The van der Waals surface area contributed by atoms with Crippen LogP contribution in [0.1, 0.15) is 6.92 Å². The minimum Gasteiger partial charge on any atom is -0.489 e. The molecule has 0 aliphatic carbocycles. The van der Waals surface area contributed by atoms with E-state index in [2.05, 4.69) is 20.5 Å². The molecule has 0 saturated heterocycles. The highest BCUT2D eigenvalue weighted by Crippen LogP contribution is 2.16. The average Bonchev–Trinajstić information content (AvgIpc) is 2.70. The zero-order valence-electron chi connectivity index (χ0n) is 8.62. The van der Waals surface area contributed by atoms with Crippen LogP contribution in [-0.2, 0) is 6.54 Å². The Morgan fingerprint density at radius 3 is 3.12 bits per heavy atom. The van der Waals surface area contributed by atoms with Crippen molar-refractivity contribution in [2.24, 2.45) is 0 Å². The number of tetrazole rings is 1. The molecule has 0 saturated carbocycles. The van der Waals surface area contributed by atoms with Crippen LogP contribution in [0.5, 0.6) is 5.75 Å². The Hall–Kier alpha value is -1.69. The Morgan fingerprint density at radius 1 is 1.56 bits per heavy atom. The minimum absolute atomic E-state index is 0.0537. The van der Waals surface area contributed by atoms with Gasteiger partial charge >= 0.3 is 0 Å². The fraction of sp³-hybridized carbons (Fsp3) is 0.333. The van der Waals surface area contributed by atoms with Crippen LogP contribution >= 0.6 is 11.6 Å². The van der Waals surface area contributed by atoms with E-state index in [9.17, 15) is 0 Å². The normalized spacial score (nSPS) is 12.4. The van der Waals surface area contributed by atoms with Gasteiger partial charge in [-0.05, 0) is 23.4 Å². The predicted octanol–water partition coefficient (Wildman–Crippen LogP) is 1.19. The monoisotopic (exact) mass is 239 g/mol. The van der Waals surface area contributed by atoms with E-state index in [1.54, 1.807) is 29.3 Å². The van der Waals surface area contributed by atoms with E-state index in [0.29, 0.717) is 17.4 Å². The van der Waals surface area contributed by atoms with Gasteiger partial charge in [0.15, 0.2) is 0 Å². The molecule has 2 aromatic heterocycles. The lowest BCUT2D eigenvalue weighted by atomic mass is 10.4. The summed E-state index contributed by atoms with van der Waals surface area (Å²) in [6.45, 7) is 2.50. The molecule has 0 bridgehead atoms. The first-order valence-corrected chi connectivity index (χ1v) is 5.11. The first kappa shape index (κ1) is 10.8. The van der Waals surface area contributed by atoms with Crippen molar-refractivity contribution in [3.05, 3.63) is 29.8 Å². The number of aromatic nitrogens is 5. The van der Waals surface area contributed by atoms with Crippen LogP contribution in [-0.4, -0.2) is 31.3 Å². The summed E-state index contributed by atoms with van der Waals surface area (Å²) >= 11 is 5.74. The zero-order valence-corrected chi connectivity index (χ0v) is 9.37. The second-order valence-corrected chi connectivity index (χ2v) is 3.66. The summed E-state index contributed by atoms with van der Waals surface area (Å²) in [6.07, 6.45) is 3.09. The number of halogens is 1. The second-order valence-electron chi connectivity index (χ2n) is 3.27. The smallest absolute Gasteiger partial charge is 0.138 e. The summed E-state index contributed by atoms with van der Waals surface area (Å²) in [5.74, 6) is 0.681. The molecular formula is C9H10ClN5O. The van der Waals surface area contributed by atoms with Crippen molar-refractivity contribution in [1.82, 2.24) is 25.2 Å². The molecule has 2 rings (SSSR count). The molecule has 1 atom stereocenters. The molecule has 0 N–H and O–H groups in total. The molecule has 0 spiro atoms. The van der Waals surface area contributed by atoms with Crippen LogP contribution in [0.15, 0.2) is 24.7 Å². The van der Waals surface area contributed by atoms with Crippen molar-refractivity contribution in [2.45, 2.75) is 19.6 Å². The van der Waals surface area contributed by atoms with Gasteiger partial charge in [-0.25, -0.2) is 9.67 Å². The van der Waals surface area contributed by atoms with Gasteiger partial charge in [-0.1, -0.05) is 11.6 Å². The molecule has 2 aromatic rings. The third kappa shape index (κ3) is 2.90. The second kappa shape index (κ2) is 4.89. The fourth-order valence-electron chi connectivity index (χ4n) is 1.25. The molecule has 0 radical (unpaired) electrons. The number of pyridine rings is 1. The zero-order chi connectivity index (χ0) is 11.4. The standard InChI is InChI=1S/C9H10ClN5O/c1-7(5-15-6-12-13-14-15)16-8-2-3-11-9(10)4-8/h2-4,6-7H,5H2,1H3/t7-/m0/s1. The van der Waals surface area contributed by atoms with Gasteiger partial charge in [0, 0.05) is 12.3 Å². The SMILES string of the molecule is C[C@@H](Cn1cnnn1)Oc1ccnc(Cl)c1. The van der Waals surface area contributed by atoms with E-state index in [-0.39, 0.29) is 6.10 Å². The summed E-state index contributed by atoms with van der Waals surface area (Å²) in [5.41, 5.74) is 0. The molecule has 84 valence electrons. The highest BCUT2D eigenvalue weighted by Gasteiger charge is 2.06. The Morgan fingerprint density at radius 2 is 2.44 bits per heavy atom. The van der Waals surface area contributed by atoms with Crippen LogP contribution in [0.2, 0.25) is 5.15 Å². The first-order chi connectivity index (χ1) is 7.74. The van der Waals surface area contributed by atoms with E-state index in [4.69, 9.17) is 16.3 Å². The molecule has 0 unspecified atom stereocenters. The van der Waals surface area contributed by atoms with E-state index in [1.807, 2.05) is 6.92 Å². The maximum Gasteiger partial charge on any atom is 0.138 e. The average molecular weight is 240 g/mol. The van der Waals surface area contributed by atoms with E-state index in [1.165, 1.54) is 0 Å². The Bertz CT molecular complexity index is 447. The van der Waals surface area contributed by atoms with E-state index in [0.717, 1.165) is 0 Å². The summed E-state index contributed by atoms with van der Waals surface area (Å²) in [5, 5.41) is 11.2. The topological polar surface area (TPSA) is 65.7 Å². The number of hydrogen-bond acceptors (Lipinski definition) is 5. The first-order valence-electron chi connectivity index (χ1n) is 4.73. The van der Waals surface area contributed by atoms with Gasteiger partial charge in [-0.15, -0.1) is 5.10 Å². The van der Waals surface area contributed by atoms with E-state index >= 15 is 0 Å². The van der Waals surface area contributed by atoms with Gasteiger partial charge in [0.05, 0.1) is 6.54 Å². The summed E-state index contributed by atoms with van der Waals surface area (Å²) in [6, 6.07) is 3.42. The molecule has 16 heavy (non-hydrogen) atoms. The summed E-state index contributed by atoms with van der Waals surface area (Å²) < 4.78 is 7.23. The van der Waals surface area contributed by atoms with Gasteiger partial charge in [0.2, 0.25) is 0 Å². The number of ether oxygens (including phenoxy) is 1. The molecule has 2 heterocycles. The lowest BCUT2D eigenvalue weighted by Crippen LogP contribution is -2.20. The Kier molecular flexibility index (Phi) is 3.31. The van der Waals surface area contributed by atoms with Crippen LogP contribution < -0.4 is 4.74 Å². The maximum atomic E-state index is 5.74. The van der Waals surface area contributed by atoms with Crippen molar-refractivity contribution in [2.75, 3.05) is 0 Å². The maximum absolute atomic E-state index is 5.74. The largest absolute Gasteiger partial charge is 0.489 e. The van der Waals surface area contributed by atoms with E-state index < -0.39 is 0 Å². The molecule has 7 heteroatoms. The predicted molar refractivity (Wildman–Crippen MR) is 57.2 cm³/mol. The quantitative estimate of drug-likeness (QED) is 0.750. The highest BCUT2D eigenvalue weighted by molar-refractivity contribution is 6.29. The summed E-state index contributed by atoms with van der Waals surface area (Å²) in [7, 11) is 0. The molecule has 6 nitrogen and oxygen atoms in total. The van der Waals surface area contributed by atoms with Crippen molar-refractivity contribution in [3.8, 4) is 5.75 Å². The van der Waals surface area contributed by atoms with Crippen molar-refractivity contribution < 1.29 is 4.74 Å². The molecule has 0 aliphatic heterocycles. The minimum atomic E-state index is -0.0537. The number of rotatable bonds is 4. The summed E-state index contributed by atoms with van der Waals surface area (Å²) in [4.78, 5) is 3.87. The lowest BCUT2D eigenvalue weighted by molar-refractivity contribution is 0.193. The van der Waals surface area contributed by atoms with Gasteiger partial charge < -0.3 is 4.74 Å². The lowest BCUT2D eigenvalue weighted by Gasteiger charge is -2.13.